The van der Waals surface area contributed by atoms with Crippen molar-refractivity contribution in [2.24, 2.45) is 0 Å². The largest absolute Gasteiger partial charge is 0.360 e. The van der Waals surface area contributed by atoms with Crippen LogP contribution in [0.4, 0.5) is 0 Å². The molecule has 0 saturated carbocycles. The summed E-state index contributed by atoms with van der Waals surface area (Å²) in [5, 5.41) is 10.1. The molecule has 2 aliphatic rings. The van der Waals surface area contributed by atoms with Gasteiger partial charge in [0.2, 0.25) is 5.91 Å². The van der Waals surface area contributed by atoms with Crippen molar-refractivity contribution in [1.82, 2.24) is 25.7 Å². The number of rotatable bonds is 4. The molecule has 0 radical (unpaired) electrons. The first-order valence-electron chi connectivity index (χ1n) is 9.40. The van der Waals surface area contributed by atoms with Crippen LogP contribution in [0.3, 0.4) is 0 Å². The Kier molecular flexibility index (Phi) is 5.15. The van der Waals surface area contributed by atoms with Crippen molar-refractivity contribution in [3.05, 3.63) is 47.1 Å². The van der Waals surface area contributed by atoms with Gasteiger partial charge in [0.05, 0.1) is 0 Å². The fraction of sp³-hybridized carbons (Fsp3) is 0.474. The molecule has 1 fully saturated rings. The van der Waals surface area contributed by atoms with E-state index in [1.165, 1.54) is 0 Å². The Labute approximate surface area is 157 Å². The number of carbonyl (C=O) groups excluding carboxylic acids is 2. The molecule has 4 rings (SSSR count). The number of pyridine rings is 1. The van der Waals surface area contributed by atoms with E-state index in [1.54, 1.807) is 17.3 Å². The van der Waals surface area contributed by atoms with Crippen LogP contribution < -0.4 is 10.6 Å². The van der Waals surface area contributed by atoms with Gasteiger partial charge in [-0.1, -0.05) is 11.2 Å². The third-order valence-electron chi connectivity index (χ3n) is 5.15. The lowest BCUT2D eigenvalue weighted by Gasteiger charge is -2.34. The van der Waals surface area contributed by atoms with Gasteiger partial charge in [0.1, 0.15) is 11.8 Å². The highest BCUT2D eigenvalue weighted by Gasteiger charge is 2.35. The number of nitrogens with zero attached hydrogens (tertiary/aromatic N) is 3. The van der Waals surface area contributed by atoms with Crippen LogP contribution in [0.1, 0.15) is 40.2 Å². The number of carbonyl (C=O) groups is 2. The van der Waals surface area contributed by atoms with Crippen molar-refractivity contribution in [3.63, 3.8) is 0 Å². The van der Waals surface area contributed by atoms with E-state index >= 15 is 0 Å². The summed E-state index contributed by atoms with van der Waals surface area (Å²) in [6, 6.07) is 3.16. The zero-order valence-electron chi connectivity index (χ0n) is 15.1. The first-order valence-corrected chi connectivity index (χ1v) is 9.40. The van der Waals surface area contributed by atoms with Crippen LogP contribution in [0, 0.1) is 0 Å². The summed E-state index contributed by atoms with van der Waals surface area (Å²) in [5.41, 5.74) is 2.20. The average Bonchev–Trinajstić information content (AvgIpc) is 3.16. The van der Waals surface area contributed by atoms with Crippen LogP contribution in [-0.4, -0.2) is 52.5 Å². The second-order valence-electron chi connectivity index (χ2n) is 6.94. The Morgan fingerprint density at radius 2 is 2.22 bits per heavy atom. The van der Waals surface area contributed by atoms with Gasteiger partial charge in [0.15, 0.2) is 5.69 Å². The van der Waals surface area contributed by atoms with E-state index in [0.717, 1.165) is 42.6 Å². The fourth-order valence-electron chi connectivity index (χ4n) is 3.68. The predicted octanol–water partition coefficient (Wildman–Crippen LogP) is 0.679. The predicted molar refractivity (Wildman–Crippen MR) is 96.9 cm³/mol. The molecule has 0 aromatic carbocycles. The average molecular weight is 369 g/mol. The van der Waals surface area contributed by atoms with Crippen LogP contribution >= 0.6 is 0 Å². The molecule has 1 aliphatic carbocycles. The molecular weight excluding hydrogens is 346 g/mol. The normalized spacial score (nSPS) is 19.4. The summed E-state index contributed by atoms with van der Waals surface area (Å²) in [6.07, 6.45) is 7.13. The first kappa shape index (κ1) is 17.7. The van der Waals surface area contributed by atoms with Crippen LogP contribution in [0.15, 0.2) is 29.0 Å². The molecule has 2 aromatic heterocycles. The standard InChI is InChI=1S/C19H23N5O3/c25-18(22-11-13-4-3-7-20-10-13)15-12-21-8-9-24(15)19(26)17-14-5-1-2-6-16(14)27-23-17/h3-4,7,10,15,21H,1-2,5-6,8-9,11-12H2,(H,22,25)/t15-/m0/s1. The van der Waals surface area contributed by atoms with E-state index < -0.39 is 6.04 Å². The molecule has 8 heteroatoms. The van der Waals surface area contributed by atoms with Gasteiger partial charge in [-0.2, -0.15) is 0 Å². The molecule has 1 aliphatic heterocycles. The number of aromatic nitrogens is 2. The fourth-order valence-corrected chi connectivity index (χ4v) is 3.68. The number of hydrogen-bond acceptors (Lipinski definition) is 6. The molecule has 0 unspecified atom stereocenters. The Morgan fingerprint density at radius 3 is 3.07 bits per heavy atom. The van der Waals surface area contributed by atoms with Crippen LogP contribution in [-0.2, 0) is 24.2 Å². The summed E-state index contributed by atoms with van der Waals surface area (Å²) in [5.74, 6) is 0.416. The summed E-state index contributed by atoms with van der Waals surface area (Å²) >= 11 is 0. The highest BCUT2D eigenvalue weighted by Crippen LogP contribution is 2.25. The molecule has 2 N–H and O–H groups in total. The number of aryl methyl sites for hydroxylation is 1. The molecule has 2 aromatic rings. The molecule has 3 heterocycles. The van der Waals surface area contributed by atoms with Gasteiger partial charge >= 0.3 is 0 Å². The number of hydrogen-bond donors (Lipinski definition) is 2. The first-order chi connectivity index (χ1) is 13.2. The van der Waals surface area contributed by atoms with Crippen molar-refractivity contribution < 1.29 is 14.1 Å². The molecule has 27 heavy (non-hydrogen) atoms. The van der Waals surface area contributed by atoms with Crippen molar-refractivity contribution in [2.75, 3.05) is 19.6 Å². The second-order valence-corrected chi connectivity index (χ2v) is 6.94. The third kappa shape index (κ3) is 3.71. The number of nitrogens with one attached hydrogen (secondary N) is 2. The van der Waals surface area contributed by atoms with E-state index in [2.05, 4.69) is 20.8 Å². The van der Waals surface area contributed by atoms with Crippen molar-refractivity contribution in [1.29, 1.82) is 0 Å². The van der Waals surface area contributed by atoms with Gasteiger partial charge in [-0.25, -0.2) is 0 Å². The van der Waals surface area contributed by atoms with Crippen molar-refractivity contribution in [3.8, 4) is 0 Å². The van der Waals surface area contributed by atoms with E-state index in [9.17, 15) is 9.59 Å². The van der Waals surface area contributed by atoms with Gasteiger partial charge in [-0.3, -0.25) is 14.6 Å². The molecular formula is C19H23N5O3. The molecule has 8 nitrogen and oxygen atoms in total. The van der Waals surface area contributed by atoms with Gasteiger partial charge < -0.3 is 20.1 Å². The monoisotopic (exact) mass is 369 g/mol. The lowest BCUT2D eigenvalue weighted by molar-refractivity contribution is -0.126. The van der Waals surface area contributed by atoms with E-state index in [4.69, 9.17) is 4.52 Å². The third-order valence-corrected chi connectivity index (χ3v) is 5.15. The SMILES string of the molecule is O=C(NCc1cccnc1)[C@@H]1CNCCN1C(=O)c1noc2c1CCCC2. The van der Waals surface area contributed by atoms with Gasteiger partial charge in [0.25, 0.3) is 5.91 Å². The van der Waals surface area contributed by atoms with Gasteiger partial charge in [-0.05, 0) is 30.9 Å². The zero-order valence-corrected chi connectivity index (χ0v) is 15.1. The quantitative estimate of drug-likeness (QED) is 0.822. The van der Waals surface area contributed by atoms with E-state index in [1.807, 2.05) is 12.1 Å². The smallest absolute Gasteiger partial charge is 0.277 e. The molecule has 0 spiro atoms. The van der Waals surface area contributed by atoms with Crippen LogP contribution in [0.25, 0.3) is 0 Å². The Balaban J connectivity index is 1.47. The summed E-state index contributed by atoms with van der Waals surface area (Å²) in [4.78, 5) is 31.5. The van der Waals surface area contributed by atoms with Gasteiger partial charge in [-0.15, -0.1) is 0 Å². The highest BCUT2D eigenvalue weighted by molar-refractivity contribution is 5.97. The molecule has 2 amide bonds. The number of fused-ring (bicyclic) bond motifs is 1. The van der Waals surface area contributed by atoms with Crippen LogP contribution in [0.2, 0.25) is 0 Å². The minimum absolute atomic E-state index is 0.184. The van der Waals surface area contributed by atoms with Gasteiger partial charge in [0, 0.05) is 50.6 Å². The van der Waals surface area contributed by atoms with Crippen molar-refractivity contribution >= 4 is 11.8 Å². The highest BCUT2D eigenvalue weighted by atomic mass is 16.5. The molecule has 1 saturated heterocycles. The zero-order chi connectivity index (χ0) is 18.6. The number of piperazine rings is 1. The summed E-state index contributed by atoms with van der Waals surface area (Å²) < 4.78 is 5.38. The molecule has 0 bridgehead atoms. The lowest BCUT2D eigenvalue weighted by atomic mass is 9.96. The topological polar surface area (TPSA) is 100 Å². The van der Waals surface area contributed by atoms with Crippen LogP contribution in [0.5, 0.6) is 0 Å². The van der Waals surface area contributed by atoms with Crippen molar-refractivity contribution in [2.45, 2.75) is 38.3 Å². The summed E-state index contributed by atoms with van der Waals surface area (Å²) in [6.45, 7) is 1.92. The maximum absolute atomic E-state index is 13.1. The maximum atomic E-state index is 13.1. The van der Waals surface area contributed by atoms with E-state index in [0.29, 0.717) is 31.9 Å². The Hall–Kier alpha value is -2.74. The maximum Gasteiger partial charge on any atom is 0.277 e. The minimum atomic E-state index is -0.570. The Bertz CT molecular complexity index is 820. The second kappa shape index (κ2) is 7.87. The number of amides is 2. The van der Waals surface area contributed by atoms with E-state index in [-0.39, 0.29) is 11.8 Å². The Morgan fingerprint density at radius 1 is 1.33 bits per heavy atom. The molecule has 1 atom stereocenters. The molecule has 142 valence electrons. The minimum Gasteiger partial charge on any atom is -0.360 e. The summed E-state index contributed by atoms with van der Waals surface area (Å²) in [7, 11) is 0. The lowest BCUT2D eigenvalue weighted by Crippen LogP contribution is -2.59.